The zero-order chi connectivity index (χ0) is 26.0. The Morgan fingerprint density at radius 2 is 1.95 bits per heavy atom. The molecule has 9 heteroatoms. The van der Waals surface area contributed by atoms with Gasteiger partial charge in [-0.1, -0.05) is 24.3 Å². The van der Waals surface area contributed by atoms with E-state index in [4.69, 9.17) is 18.9 Å². The van der Waals surface area contributed by atoms with Crippen LogP contribution in [0.2, 0.25) is 0 Å². The molecule has 2 N–H and O–H groups in total. The maximum atomic E-state index is 11.5. The van der Waals surface area contributed by atoms with Gasteiger partial charge in [-0.05, 0) is 62.5 Å². The molecule has 2 aromatic carbocycles. The minimum Gasteiger partial charge on any atom is -0.485 e. The smallest absolute Gasteiger partial charge is 0.231 e. The Labute approximate surface area is 220 Å². The maximum absolute atomic E-state index is 11.5. The number of nitrogens with one attached hydrogen (secondary N) is 1. The first-order chi connectivity index (χ1) is 17.7. The van der Waals surface area contributed by atoms with Gasteiger partial charge in [-0.25, -0.2) is 4.98 Å². The lowest BCUT2D eigenvalue weighted by Gasteiger charge is -2.17. The van der Waals surface area contributed by atoms with Crippen molar-refractivity contribution in [1.29, 1.82) is 0 Å². The van der Waals surface area contributed by atoms with Crippen LogP contribution in [-0.4, -0.2) is 34.8 Å². The number of carbonyl (C=O) groups excluding carboxylic acids is 1. The molecular formula is C28H30N2O6S. The van der Waals surface area contributed by atoms with Crippen LogP contribution in [0.1, 0.15) is 54.9 Å². The van der Waals surface area contributed by atoms with E-state index in [-0.39, 0.29) is 17.3 Å². The predicted octanol–water partition coefficient (Wildman–Crippen LogP) is 5.44. The van der Waals surface area contributed by atoms with E-state index in [1.54, 1.807) is 19.9 Å². The van der Waals surface area contributed by atoms with Crippen LogP contribution in [0.5, 0.6) is 28.9 Å². The molecule has 0 spiro atoms. The number of para-hydroxylation sites is 1. The van der Waals surface area contributed by atoms with Crippen LogP contribution in [0, 0.1) is 6.92 Å². The number of aryl methyl sites for hydroxylation is 1. The van der Waals surface area contributed by atoms with Crippen LogP contribution >= 0.6 is 11.9 Å². The first-order valence-corrected chi connectivity index (χ1v) is 13.1. The Morgan fingerprint density at radius 1 is 1.14 bits per heavy atom. The highest BCUT2D eigenvalue weighted by Gasteiger charge is 2.30. The van der Waals surface area contributed by atoms with Gasteiger partial charge in [-0.2, -0.15) is 0 Å². The van der Waals surface area contributed by atoms with Gasteiger partial charge >= 0.3 is 0 Å². The molecule has 1 amide bonds. The lowest BCUT2D eigenvalue weighted by Crippen LogP contribution is -2.22. The Hall–Kier alpha value is -3.43. The third kappa shape index (κ3) is 6.11. The maximum Gasteiger partial charge on any atom is 0.231 e. The van der Waals surface area contributed by atoms with Crippen molar-refractivity contribution in [2.45, 2.75) is 50.6 Å². The van der Waals surface area contributed by atoms with Gasteiger partial charge in [0.1, 0.15) is 18.1 Å². The van der Waals surface area contributed by atoms with E-state index in [1.165, 1.54) is 11.9 Å². The molecule has 37 heavy (non-hydrogen) atoms. The number of fused-ring (bicyclic) bond motifs is 1. The lowest BCUT2D eigenvalue weighted by atomic mass is 10.1. The van der Waals surface area contributed by atoms with Gasteiger partial charge in [0.25, 0.3) is 0 Å². The standard InChI is InChI=1S/C28H30N2O6S/c1-17-21(11-12-26(29-17)33-14-13-28(2,3)32)36-22-6-4-5-20-23(16-34-27(20)22)35-19-9-7-18(8-10-19)24-15-25(31)30-37-24/h4-12,23-24,32H,13-16H2,1-3H3,(H,30,31)/t23-,24?/m1/s1. The number of ether oxygens (including phenoxy) is 4. The SMILES string of the molecule is Cc1nc(OCCC(C)(C)O)ccc1Oc1cccc2c1OC[C@H]2Oc1ccc(C2CC(=O)NS2)cc1. The van der Waals surface area contributed by atoms with Crippen LogP contribution in [-0.2, 0) is 4.79 Å². The highest BCUT2D eigenvalue weighted by Crippen LogP contribution is 2.44. The number of aromatic nitrogens is 1. The van der Waals surface area contributed by atoms with Crippen molar-refractivity contribution in [2.75, 3.05) is 13.2 Å². The second-order valence-electron chi connectivity index (χ2n) is 9.74. The molecular weight excluding hydrogens is 492 g/mol. The molecule has 1 saturated heterocycles. The highest BCUT2D eigenvalue weighted by molar-refractivity contribution is 7.98. The normalized spacial score (nSPS) is 18.6. The summed E-state index contributed by atoms with van der Waals surface area (Å²) in [5.41, 5.74) is 1.90. The highest BCUT2D eigenvalue weighted by atomic mass is 32.2. The Bertz CT molecular complexity index is 1270. The van der Waals surface area contributed by atoms with Gasteiger partial charge in [0, 0.05) is 24.5 Å². The number of hydrogen-bond donors (Lipinski definition) is 2. The molecule has 1 fully saturated rings. The summed E-state index contributed by atoms with van der Waals surface area (Å²) in [7, 11) is 0. The molecule has 0 saturated carbocycles. The van der Waals surface area contributed by atoms with Crippen LogP contribution in [0.3, 0.4) is 0 Å². The monoisotopic (exact) mass is 522 g/mol. The summed E-state index contributed by atoms with van der Waals surface area (Å²) >= 11 is 1.45. The van der Waals surface area contributed by atoms with Gasteiger partial charge < -0.3 is 24.1 Å². The van der Waals surface area contributed by atoms with E-state index in [1.807, 2.05) is 55.5 Å². The fraction of sp³-hybridized carbons (Fsp3) is 0.357. The van der Waals surface area contributed by atoms with E-state index < -0.39 is 5.60 Å². The summed E-state index contributed by atoms with van der Waals surface area (Å²) in [6, 6.07) is 17.2. The average Bonchev–Trinajstić information content (AvgIpc) is 3.47. The Balaban J connectivity index is 1.24. The molecule has 2 aliphatic heterocycles. The van der Waals surface area contributed by atoms with Gasteiger partial charge in [0.2, 0.25) is 11.8 Å². The van der Waals surface area contributed by atoms with E-state index in [9.17, 15) is 9.90 Å². The largest absolute Gasteiger partial charge is 0.485 e. The third-order valence-electron chi connectivity index (χ3n) is 6.15. The minimum atomic E-state index is -0.787. The second kappa shape index (κ2) is 10.5. The number of benzene rings is 2. The van der Waals surface area contributed by atoms with Gasteiger partial charge in [-0.15, -0.1) is 0 Å². The molecule has 0 radical (unpaired) electrons. The van der Waals surface area contributed by atoms with Crippen LogP contribution in [0.25, 0.3) is 0 Å². The number of aliphatic hydroxyl groups is 1. The first-order valence-electron chi connectivity index (χ1n) is 12.2. The van der Waals surface area contributed by atoms with Crippen molar-refractivity contribution < 1.29 is 28.8 Å². The van der Waals surface area contributed by atoms with E-state index in [0.717, 1.165) is 16.9 Å². The summed E-state index contributed by atoms with van der Waals surface area (Å²) in [6.45, 7) is 6.09. The van der Waals surface area contributed by atoms with Crippen molar-refractivity contribution in [2.24, 2.45) is 0 Å². The number of amides is 1. The number of nitrogens with zero attached hydrogens (tertiary/aromatic N) is 1. The topological polar surface area (TPSA) is 99.1 Å². The number of pyridine rings is 1. The molecule has 2 aliphatic rings. The zero-order valence-electron chi connectivity index (χ0n) is 21.0. The zero-order valence-corrected chi connectivity index (χ0v) is 21.8. The van der Waals surface area contributed by atoms with Crippen molar-refractivity contribution in [3.05, 3.63) is 71.4 Å². The molecule has 0 bridgehead atoms. The third-order valence-corrected chi connectivity index (χ3v) is 7.22. The molecule has 3 heterocycles. The molecule has 8 nitrogen and oxygen atoms in total. The van der Waals surface area contributed by atoms with Crippen LogP contribution in [0.15, 0.2) is 54.6 Å². The summed E-state index contributed by atoms with van der Waals surface area (Å²) in [6.07, 6.45) is 0.731. The van der Waals surface area contributed by atoms with Crippen molar-refractivity contribution in [1.82, 2.24) is 9.71 Å². The quantitative estimate of drug-likeness (QED) is 0.358. The molecule has 1 unspecified atom stereocenters. The number of rotatable bonds is 9. The molecule has 0 aliphatic carbocycles. The average molecular weight is 523 g/mol. The Kier molecular flexibility index (Phi) is 7.17. The minimum absolute atomic E-state index is 0.0606. The van der Waals surface area contributed by atoms with Crippen LogP contribution in [0.4, 0.5) is 0 Å². The summed E-state index contributed by atoms with van der Waals surface area (Å²) in [5, 5.41) is 9.97. The van der Waals surface area contributed by atoms with Crippen molar-refractivity contribution in [3.63, 3.8) is 0 Å². The Morgan fingerprint density at radius 3 is 2.65 bits per heavy atom. The fourth-order valence-electron chi connectivity index (χ4n) is 4.10. The van der Waals surface area contributed by atoms with Gasteiger partial charge in [0.15, 0.2) is 17.6 Å². The molecule has 5 rings (SSSR count). The molecule has 2 atom stereocenters. The van der Waals surface area contributed by atoms with Crippen LogP contribution < -0.4 is 23.7 Å². The van der Waals surface area contributed by atoms with E-state index in [0.29, 0.717) is 54.9 Å². The summed E-state index contributed by atoms with van der Waals surface area (Å²) in [4.78, 5) is 16.0. The first kappa shape index (κ1) is 25.2. The molecule has 3 aromatic rings. The summed E-state index contributed by atoms with van der Waals surface area (Å²) in [5.74, 6) is 3.13. The summed E-state index contributed by atoms with van der Waals surface area (Å²) < 4.78 is 26.8. The van der Waals surface area contributed by atoms with Gasteiger partial charge in [0.05, 0.1) is 23.2 Å². The predicted molar refractivity (Wildman–Crippen MR) is 140 cm³/mol. The van der Waals surface area contributed by atoms with Gasteiger partial charge in [-0.3, -0.25) is 9.52 Å². The number of carbonyl (C=O) groups is 1. The second-order valence-corrected chi connectivity index (χ2v) is 10.8. The van der Waals surface area contributed by atoms with Crippen molar-refractivity contribution >= 4 is 17.9 Å². The molecule has 1 aromatic heterocycles. The molecule has 194 valence electrons. The fourth-order valence-corrected chi connectivity index (χ4v) is 4.99. The lowest BCUT2D eigenvalue weighted by molar-refractivity contribution is -0.118. The van der Waals surface area contributed by atoms with E-state index >= 15 is 0 Å². The number of hydrogen-bond acceptors (Lipinski definition) is 8. The van der Waals surface area contributed by atoms with E-state index in [2.05, 4.69) is 9.71 Å². The van der Waals surface area contributed by atoms with Crippen molar-refractivity contribution in [3.8, 4) is 28.9 Å².